The summed E-state index contributed by atoms with van der Waals surface area (Å²) in [5.41, 5.74) is 13.4. The molecule has 3 aromatic rings. The zero-order valence-electron chi connectivity index (χ0n) is 28.2. The minimum atomic E-state index is 0.0994. The molecule has 0 radical (unpaired) electrons. The SMILES string of the molecule is CC1(C)CCCCc2ccc(c3c2-c2ccc(C(C)(C)C)c4c(C(C)(C)C)ccc-3c24)CCCCC(C)(C)CCC1. The van der Waals surface area contributed by atoms with Gasteiger partial charge in [0.1, 0.15) is 0 Å². The van der Waals surface area contributed by atoms with Crippen molar-refractivity contribution in [1.29, 1.82) is 0 Å². The van der Waals surface area contributed by atoms with E-state index >= 15 is 0 Å². The molecule has 2 aliphatic carbocycles. The fraction of sp³-hybridized carbons (Fsp3) is 0.610. The Bertz CT molecular complexity index is 1310. The van der Waals surface area contributed by atoms with Gasteiger partial charge in [-0.3, -0.25) is 0 Å². The standard InChI is InChI=1S/C41H58/c1-38(2,3)32-22-20-30-34-28-16-11-13-24-40(7,8)26-15-27-41(9,10)25-14-12-17-29(19-18-28)35(34)31-21-23-33(39(4,5)6)37(32)36(30)31/h18-23H,11-17,24-27H2,1-10H3. The first-order chi connectivity index (χ1) is 19.1. The molecule has 0 nitrogen and oxygen atoms in total. The Kier molecular flexibility index (Phi) is 8.06. The Hall–Kier alpha value is -2.08. The number of rotatable bonds is 0. The Morgan fingerprint density at radius 1 is 0.463 bits per heavy atom. The Labute approximate surface area is 252 Å². The van der Waals surface area contributed by atoms with Crippen molar-refractivity contribution in [3.63, 3.8) is 0 Å². The molecule has 0 saturated carbocycles. The highest BCUT2D eigenvalue weighted by molar-refractivity contribution is 6.18. The van der Waals surface area contributed by atoms with E-state index in [1.807, 2.05) is 0 Å². The van der Waals surface area contributed by atoms with Gasteiger partial charge in [-0.2, -0.15) is 0 Å². The topological polar surface area (TPSA) is 0 Å². The maximum atomic E-state index is 2.52. The Morgan fingerprint density at radius 2 is 0.854 bits per heavy atom. The molecule has 0 aliphatic heterocycles. The van der Waals surface area contributed by atoms with Crippen LogP contribution in [0.1, 0.15) is 149 Å². The minimum Gasteiger partial charge on any atom is -0.0599 e. The molecule has 2 bridgehead atoms. The number of hydrogen-bond donors (Lipinski definition) is 0. The molecule has 3 aromatic carbocycles. The second-order valence-electron chi connectivity index (χ2n) is 17.3. The molecule has 0 amide bonds. The third-order valence-corrected chi connectivity index (χ3v) is 10.5. The third kappa shape index (κ3) is 6.19. The molecule has 0 spiro atoms. The molecule has 0 saturated heterocycles. The number of hydrogen-bond acceptors (Lipinski definition) is 0. The van der Waals surface area contributed by atoms with Crippen LogP contribution in [0.5, 0.6) is 0 Å². The largest absolute Gasteiger partial charge is 0.0599 e. The summed E-state index contributed by atoms with van der Waals surface area (Å²) in [6.07, 6.45) is 14.4. The van der Waals surface area contributed by atoms with E-state index < -0.39 is 0 Å². The Balaban J connectivity index is 1.66. The van der Waals surface area contributed by atoms with Crippen LogP contribution in [0, 0.1) is 10.8 Å². The fourth-order valence-corrected chi connectivity index (χ4v) is 8.02. The zero-order valence-corrected chi connectivity index (χ0v) is 28.2. The number of fused-ring (bicyclic) bond motifs is 8. The van der Waals surface area contributed by atoms with Gasteiger partial charge in [0.15, 0.2) is 0 Å². The number of benzene rings is 3. The molecule has 0 fully saturated rings. The normalized spacial score (nSPS) is 19.8. The van der Waals surface area contributed by atoms with Gasteiger partial charge in [-0.25, -0.2) is 0 Å². The van der Waals surface area contributed by atoms with Gasteiger partial charge >= 0.3 is 0 Å². The van der Waals surface area contributed by atoms with E-state index in [1.165, 1.54) is 104 Å². The molecule has 0 aromatic heterocycles. The van der Waals surface area contributed by atoms with E-state index in [2.05, 4.69) is 106 Å². The molecule has 41 heavy (non-hydrogen) atoms. The average molecular weight is 551 g/mol. The van der Waals surface area contributed by atoms with Gasteiger partial charge in [-0.05, 0) is 128 Å². The monoisotopic (exact) mass is 550 g/mol. The highest BCUT2D eigenvalue weighted by Crippen LogP contribution is 2.54. The lowest BCUT2D eigenvalue weighted by molar-refractivity contribution is 0.236. The predicted molar refractivity (Wildman–Crippen MR) is 182 cm³/mol. The molecule has 2 aliphatic rings. The maximum Gasteiger partial charge on any atom is -0.00202 e. The summed E-state index contributed by atoms with van der Waals surface area (Å²) in [6.45, 7) is 24.4. The van der Waals surface area contributed by atoms with Gasteiger partial charge in [0, 0.05) is 0 Å². The van der Waals surface area contributed by atoms with Crippen molar-refractivity contribution in [3.05, 3.63) is 58.7 Å². The van der Waals surface area contributed by atoms with Crippen molar-refractivity contribution in [2.45, 2.75) is 151 Å². The Morgan fingerprint density at radius 3 is 1.24 bits per heavy atom. The van der Waals surface area contributed by atoms with Crippen LogP contribution < -0.4 is 0 Å². The smallest absolute Gasteiger partial charge is 0.00202 e. The van der Waals surface area contributed by atoms with E-state index in [9.17, 15) is 0 Å². The number of aryl methyl sites for hydroxylation is 2. The summed E-state index contributed by atoms with van der Waals surface area (Å²) >= 11 is 0. The van der Waals surface area contributed by atoms with Gasteiger partial charge in [0.05, 0.1) is 0 Å². The third-order valence-electron chi connectivity index (χ3n) is 10.5. The molecule has 0 N–H and O–H groups in total. The average Bonchev–Trinajstić information content (AvgIpc) is 3.20. The van der Waals surface area contributed by atoms with E-state index in [1.54, 1.807) is 22.3 Å². The van der Waals surface area contributed by atoms with E-state index in [4.69, 9.17) is 0 Å². The van der Waals surface area contributed by atoms with Crippen molar-refractivity contribution in [2.24, 2.45) is 10.8 Å². The molecule has 0 heterocycles. The molecule has 0 unspecified atom stereocenters. The summed E-state index contributed by atoms with van der Waals surface area (Å²) in [4.78, 5) is 0. The predicted octanol–water partition coefficient (Wildman–Crippen LogP) is 12.7. The van der Waals surface area contributed by atoms with Gasteiger partial charge in [0.2, 0.25) is 0 Å². The van der Waals surface area contributed by atoms with Gasteiger partial charge in [-0.15, -0.1) is 0 Å². The zero-order chi connectivity index (χ0) is 29.8. The van der Waals surface area contributed by atoms with Crippen LogP contribution in [-0.2, 0) is 23.7 Å². The minimum absolute atomic E-state index is 0.0994. The van der Waals surface area contributed by atoms with Crippen LogP contribution in [0.2, 0.25) is 0 Å². The lowest BCUT2D eigenvalue weighted by Crippen LogP contribution is -2.17. The first-order valence-electron chi connectivity index (χ1n) is 16.9. The molecular formula is C41H58. The summed E-state index contributed by atoms with van der Waals surface area (Å²) in [6, 6.07) is 15.0. The molecular weight excluding hydrogens is 492 g/mol. The van der Waals surface area contributed by atoms with Gasteiger partial charge < -0.3 is 0 Å². The van der Waals surface area contributed by atoms with E-state index in [0.717, 1.165) is 0 Å². The molecule has 0 heteroatoms. The maximum absolute atomic E-state index is 2.52. The second kappa shape index (κ2) is 10.9. The van der Waals surface area contributed by atoms with Crippen molar-refractivity contribution in [3.8, 4) is 22.3 Å². The van der Waals surface area contributed by atoms with Crippen LogP contribution in [0.15, 0.2) is 36.4 Å². The van der Waals surface area contributed by atoms with E-state index in [0.29, 0.717) is 10.8 Å². The molecule has 222 valence electrons. The highest BCUT2D eigenvalue weighted by atomic mass is 14.4. The van der Waals surface area contributed by atoms with Crippen LogP contribution >= 0.6 is 0 Å². The van der Waals surface area contributed by atoms with Gasteiger partial charge in [0.25, 0.3) is 0 Å². The van der Waals surface area contributed by atoms with E-state index in [-0.39, 0.29) is 10.8 Å². The van der Waals surface area contributed by atoms with Crippen LogP contribution in [-0.4, -0.2) is 0 Å². The van der Waals surface area contributed by atoms with Crippen molar-refractivity contribution >= 4 is 10.8 Å². The van der Waals surface area contributed by atoms with Crippen LogP contribution in [0.4, 0.5) is 0 Å². The summed E-state index contributed by atoms with van der Waals surface area (Å²) in [5, 5.41) is 3.06. The van der Waals surface area contributed by atoms with Crippen molar-refractivity contribution in [2.75, 3.05) is 0 Å². The van der Waals surface area contributed by atoms with Gasteiger partial charge in [-0.1, -0.05) is 125 Å². The first-order valence-corrected chi connectivity index (χ1v) is 16.9. The lowest BCUT2D eigenvalue weighted by Gasteiger charge is -2.29. The van der Waals surface area contributed by atoms with Crippen molar-refractivity contribution < 1.29 is 0 Å². The fourth-order valence-electron chi connectivity index (χ4n) is 8.02. The van der Waals surface area contributed by atoms with Crippen molar-refractivity contribution in [1.82, 2.24) is 0 Å². The highest BCUT2D eigenvalue weighted by Gasteiger charge is 2.32. The summed E-state index contributed by atoms with van der Waals surface area (Å²) < 4.78 is 0. The first kappa shape index (κ1) is 30.4. The van der Waals surface area contributed by atoms with Crippen LogP contribution in [0.3, 0.4) is 0 Å². The van der Waals surface area contributed by atoms with Crippen LogP contribution in [0.25, 0.3) is 33.0 Å². The quantitative estimate of drug-likeness (QED) is 0.204. The molecule has 5 rings (SSSR count). The second-order valence-corrected chi connectivity index (χ2v) is 17.3. The molecule has 0 atom stereocenters. The lowest BCUT2D eigenvalue weighted by atomic mass is 9.76. The summed E-state index contributed by atoms with van der Waals surface area (Å²) in [7, 11) is 0. The summed E-state index contributed by atoms with van der Waals surface area (Å²) in [5.74, 6) is 0.